The summed E-state index contributed by atoms with van der Waals surface area (Å²) < 4.78 is 27.5. The lowest BCUT2D eigenvalue weighted by atomic mass is 9.98. The zero-order chi connectivity index (χ0) is 26.2. The summed E-state index contributed by atoms with van der Waals surface area (Å²) in [7, 11) is 4.57. The van der Waals surface area contributed by atoms with E-state index < -0.39 is 5.88 Å². The molecule has 0 radical (unpaired) electrons. The summed E-state index contributed by atoms with van der Waals surface area (Å²) in [5.74, 6) is 0.155. The van der Waals surface area contributed by atoms with Crippen LogP contribution in [-0.4, -0.2) is 59.9 Å². The van der Waals surface area contributed by atoms with Crippen molar-refractivity contribution in [1.82, 2.24) is 15.2 Å². The molecule has 2 aromatic carbocycles. The van der Waals surface area contributed by atoms with Crippen LogP contribution >= 0.6 is 0 Å². The quantitative estimate of drug-likeness (QED) is 0.239. The second-order valence-corrected chi connectivity index (χ2v) is 7.78. The van der Waals surface area contributed by atoms with Gasteiger partial charge in [-0.25, -0.2) is 4.98 Å². The Morgan fingerprint density at radius 1 is 0.838 bits per heavy atom. The van der Waals surface area contributed by atoms with E-state index in [1.54, 1.807) is 25.3 Å². The van der Waals surface area contributed by atoms with E-state index in [9.17, 15) is 10.2 Å². The molecular weight excluding hydrogens is 480 g/mol. The Morgan fingerprint density at radius 2 is 1.57 bits per heavy atom. The van der Waals surface area contributed by atoms with Gasteiger partial charge in [0.1, 0.15) is 22.8 Å². The van der Waals surface area contributed by atoms with Crippen LogP contribution in [0.5, 0.6) is 23.1 Å². The highest BCUT2D eigenvalue weighted by atomic mass is 16.5. The Labute approximate surface area is 213 Å². The van der Waals surface area contributed by atoms with Crippen molar-refractivity contribution < 1.29 is 33.6 Å². The number of rotatable bonds is 12. The van der Waals surface area contributed by atoms with Crippen molar-refractivity contribution in [2.45, 2.75) is 13.2 Å². The zero-order valence-corrected chi connectivity index (χ0v) is 20.7. The van der Waals surface area contributed by atoms with E-state index in [0.717, 1.165) is 5.69 Å². The van der Waals surface area contributed by atoms with Crippen molar-refractivity contribution in [3.05, 3.63) is 60.1 Å². The highest BCUT2D eigenvalue weighted by molar-refractivity contribution is 5.88. The third kappa shape index (κ3) is 5.74. The molecule has 0 fully saturated rings. The van der Waals surface area contributed by atoms with Crippen molar-refractivity contribution in [3.63, 3.8) is 0 Å². The Morgan fingerprint density at radius 3 is 2.24 bits per heavy atom. The highest BCUT2D eigenvalue weighted by Gasteiger charge is 2.29. The van der Waals surface area contributed by atoms with Crippen molar-refractivity contribution in [1.29, 1.82) is 0 Å². The maximum atomic E-state index is 11.5. The van der Waals surface area contributed by atoms with Gasteiger partial charge in [0.05, 0.1) is 57.4 Å². The maximum Gasteiger partial charge on any atom is 0.257 e. The van der Waals surface area contributed by atoms with Gasteiger partial charge >= 0.3 is 0 Å². The molecule has 0 aliphatic heterocycles. The van der Waals surface area contributed by atoms with Crippen LogP contribution in [0, 0.1) is 0 Å². The van der Waals surface area contributed by atoms with Crippen molar-refractivity contribution in [2.24, 2.45) is 0 Å². The van der Waals surface area contributed by atoms with Crippen LogP contribution in [0.25, 0.3) is 22.6 Å². The minimum Gasteiger partial charge on any atom is -0.506 e. The first-order valence-corrected chi connectivity index (χ1v) is 11.4. The Bertz CT molecular complexity index is 1310. The normalized spacial score (nSPS) is 10.9. The van der Waals surface area contributed by atoms with Crippen molar-refractivity contribution in [3.8, 4) is 45.7 Å². The third-order valence-electron chi connectivity index (χ3n) is 5.47. The number of nitrogens with one attached hydrogen (secondary N) is 1. The van der Waals surface area contributed by atoms with Gasteiger partial charge in [-0.1, -0.05) is 24.3 Å². The number of hydrogen-bond donors (Lipinski definition) is 3. The minimum absolute atomic E-state index is 0.0304. The van der Waals surface area contributed by atoms with E-state index in [0.29, 0.717) is 23.7 Å². The number of aromatic hydroxyl groups is 2. The van der Waals surface area contributed by atoms with Crippen molar-refractivity contribution >= 4 is 5.69 Å². The smallest absolute Gasteiger partial charge is 0.257 e. The second kappa shape index (κ2) is 12.1. The fourth-order valence-corrected chi connectivity index (χ4v) is 3.74. The lowest BCUT2D eigenvalue weighted by molar-refractivity contribution is 0.0601. The first kappa shape index (κ1) is 25.7. The van der Waals surface area contributed by atoms with Crippen LogP contribution in [0.15, 0.2) is 52.9 Å². The minimum atomic E-state index is -0.494. The molecule has 37 heavy (non-hydrogen) atoms. The molecule has 0 unspecified atom stereocenters. The van der Waals surface area contributed by atoms with Crippen LogP contribution in [0.2, 0.25) is 0 Å². The van der Waals surface area contributed by atoms with Crippen LogP contribution < -0.4 is 14.8 Å². The topological polar surface area (TPSA) is 141 Å². The number of para-hydroxylation sites is 1. The maximum absolute atomic E-state index is 11.5. The average molecular weight is 509 g/mol. The molecule has 0 saturated carbocycles. The summed E-state index contributed by atoms with van der Waals surface area (Å²) in [5.41, 5.74) is 1.67. The van der Waals surface area contributed by atoms with Gasteiger partial charge in [0, 0.05) is 12.8 Å². The molecule has 0 spiro atoms. The molecule has 4 aromatic rings. The number of pyridine rings is 1. The third-order valence-corrected chi connectivity index (χ3v) is 5.47. The number of benzene rings is 2. The van der Waals surface area contributed by atoms with E-state index in [2.05, 4.69) is 20.5 Å². The monoisotopic (exact) mass is 508 g/mol. The Balaban J connectivity index is 1.77. The van der Waals surface area contributed by atoms with Gasteiger partial charge in [0.15, 0.2) is 0 Å². The summed E-state index contributed by atoms with van der Waals surface area (Å²) in [6.45, 7) is 0.860. The molecule has 0 bridgehead atoms. The van der Waals surface area contributed by atoms with Gasteiger partial charge < -0.3 is 38.9 Å². The number of ether oxygens (including phenoxy) is 4. The van der Waals surface area contributed by atoms with Gasteiger partial charge in [-0.3, -0.25) is 0 Å². The molecule has 11 heteroatoms. The second-order valence-electron chi connectivity index (χ2n) is 7.78. The summed E-state index contributed by atoms with van der Waals surface area (Å²) >= 11 is 0. The predicted molar refractivity (Wildman–Crippen MR) is 135 cm³/mol. The number of methoxy groups -OCH3 is 3. The van der Waals surface area contributed by atoms with E-state index in [4.69, 9.17) is 23.4 Å². The van der Waals surface area contributed by atoms with E-state index >= 15 is 0 Å². The Hall–Kier alpha value is -4.35. The number of anilines is 1. The van der Waals surface area contributed by atoms with Crippen LogP contribution in [0.1, 0.15) is 11.6 Å². The van der Waals surface area contributed by atoms with Gasteiger partial charge in [0.25, 0.3) is 5.89 Å². The largest absolute Gasteiger partial charge is 0.506 e. The zero-order valence-electron chi connectivity index (χ0n) is 20.7. The summed E-state index contributed by atoms with van der Waals surface area (Å²) in [6.07, 6.45) is 0. The SMILES string of the molecule is COCCOCc1nc(O)c(-c2nnc(CNc3ccccc3)o2)c(O)c1-c1c(OC)cccc1OC. The average Bonchev–Trinajstić information content (AvgIpc) is 3.38. The molecule has 3 N–H and O–H groups in total. The van der Waals surface area contributed by atoms with E-state index in [1.165, 1.54) is 14.2 Å². The lowest BCUT2D eigenvalue weighted by Gasteiger charge is -2.19. The molecule has 4 rings (SSSR count). The first-order chi connectivity index (χ1) is 18.1. The molecule has 194 valence electrons. The molecule has 0 amide bonds. The fraction of sp³-hybridized carbons (Fsp3) is 0.269. The van der Waals surface area contributed by atoms with Crippen LogP contribution in [0.4, 0.5) is 5.69 Å². The molecule has 0 aliphatic carbocycles. The van der Waals surface area contributed by atoms with Gasteiger partial charge in [-0.05, 0) is 24.3 Å². The number of aromatic nitrogens is 3. The van der Waals surface area contributed by atoms with Gasteiger partial charge in [0.2, 0.25) is 11.8 Å². The summed E-state index contributed by atoms with van der Waals surface area (Å²) in [4.78, 5) is 4.31. The molecule has 0 saturated heterocycles. The number of nitrogens with zero attached hydrogens (tertiary/aromatic N) is 3. The molecular formula is C26H28N4O7. The molecule has 2 heterocycles. The standard InChI is InChI=1S/C26H28N4O7/c1-33-12-13-36-15-17-21(22-18(34-2)10-7-11-19(22)35-3)24(31)23(25(32)28-17)26-30-29-20(37-26)14-27-16-8-5-4-6-9-16/h4-11,27H,12-15H2,1-3H3,(H2,28,31,32). The molecule has 11 nitrogen and oxygen atoms in total. The molecule has 0 atom stereocenters. The predicted octanol–water partition coefficient (Wildman–Crippen LogP) is 4.00. The van der Waals surface area contributed by atoms with Crippen LogP contribution in [0.3, 0.4) is 0 Å². The van der Waals surface area contributed by atoms with E-state index in [1.807, 2.05) is 30.3 Å². The van der Waals surface area contributed by atoms with E-state index in [-0.39, 0.29) is 54.1 Å². The Kier molecular flexibility index (Phi) is 8.39. The van der Waals surface area contributed by atoms with Crippen LogP contribution in [-0.2, 0) is 22.6 Å². The van der Waals surface area contributed by atoms with Crippen molar-refractivity contribution in [2.75, 3.05) is 39.9 Å². The summed E-state index contributed by atoms with van der Waals surface area (Å²) in [6, 6.07) is 14.7. The van der Waals surface area contributed by atoms with Gasteiger partial charge in [-0.2, -0.15) is 0 Å². The molecule has 2 aromatic heterocycles. The first-order valence-electron chi connectivity index (χ1n) is 11.4. The molecule has 0 aliphatic rings. The fourth-order valence-electron chi connectivity index (χ4n) is 3.74. The van der Waals surface area contributed by atoms with Gasteiger partial charge in [-0.15, -0.1) is 10.2 Å². The summed E-state index contributed by atoms with van der Waals surface area (Å²) in [5, 5.41) is 33.5. The lowest BCUT2D eigenvalue weighted by Crippen LogP contribution is -2.06. The number of hydrogen-bond acceptors (Lipinski definition) is 11. The highest BCUT2D eigenvalue weighted by Crippen LogP contribution is 2.49.